The van der Waals surface area contributed by atoms with Crippen LogP contribution in [0.2, 0.25) is 0 Å². The molecule has 0 bridgehead atoms. The van der Waals surface area contributed by atoms with Crippen molar-refractivity contribution in [1.29, 1.82) is 0 Å². The van der Waals surface area contributed by atoms with E-state index in [9.17, 15) is 0 Å². The topological polar surface area (TPSA) is 87.2 Å². The minimum absolute atomic E-state index is 0.398. The summed E-state index contributed by atoms with van der Waals surface area (Å²) in [7, 11) is 0. The Hall–Kier alpha value is -10.3. The van der Waals surface area contributed by atoms with Gasteiger partial charge in [-0.25, -0.2) is 38.7 Å². The molecule has 0 spiro atoms. The van der Waals surface area contributed by atoms with Crippen LogP contribution in [0.5, 0.6) is 0 Å². The molecular formula is C67H42F2N8. The molecule has 0 aliphatic heterocycles. The van der Waals surface area contributed by atoms with Gasteiger partial charge in [-0.15, -0.1) is 0 Å². The molecule has 0 N–H and O–H groups in total. The SMILES string of the molecule is Cc1c(-n2c3ccccc3c3ccc(-c4nc(-c5ccccc5)nc(-c5ccccc5)n4)cc32)ccc(-c2cc(F)cc(F)c2)c1-n1c2ccccc2c2ccc(-c3nc(-c4ccccc4)nc(-c4ccccc4)n3)cc21. The first-order valence-corrected chi connectivity index (χ1v) is 25.3. The van der Waals surface area contributed by atoms with E-state index in [4.69, 9.17) is 29.9 Å². The molecule has 10 aromatic carbocycles. The molecule has 0 saturated heterocycles. The Labute approximate surface area is 441 Å². The zero-order valence-corrected chi connectivity index (χ0v) is 41.4. The normalized spacial score (nSPS) is 11.6. The molecule has 4 aromatic heterocycles. The Morgan fingerprint density at radius 3 is 1.06 bits per heavy atom. The number of benzene rings is 10. The smallest absolute Gasteiger partial charge is 0.164 e. The van der Waals surface area contributed by atoms with E-state index in [1.54, 1.807) is 0 Å². The summed E-state index contributed by atoms with van der Waals surface area (Å²) in [5.41, 5.74) is 12.3. The molecule has 0 saturated carbocycles. The number of hydrogen-bond acceptors (Lipinski definition) is 6. The van der Waals surface area contributed by atoms with Gasteiger partial charge in [0, 0.05) is 66.6 Å². The Morgan fingerprint density at radius 1 is 0.286 bits per heavy atom. The molecule has 0 fully saturated rings. The standard InChI is InChI=1S/C67H42F2N8/c1-41-56(76-57-28-16-14-26-52(57)54-32-30-46(38-59(54)76)66-72-62(42-18-6-2-7-19-42)70-63(73-66)43-20-8-3-9-21-43)35-34-51(48-36-49(68)40-50(69)37-48)61(41)77-58-29-17-15-27-53(58)55-33-31-47(39-60(55)77)67-74-64(44-22-10-4-11-23-44)71-65(75-67)45-24-12-5-13-25-45/h2-40H,1H3. The average molecular weight is 997 g/mol. The van der Waals surface area contributed by atoms with Gasteiger partial charge < -0.3 is 9.13 Å². The maximum absolute atomic E-state index is 15.5. The molecule has 0 radical (unpaired) electrons. The van der Waals surface area contributed by atoms with Crippen molar-refractivity contribution in [1.82, 2.24) is 39.0 Å². The summed E-state index contributed by atoms with van der Waals surface area (Å²) in [5.74, 6) is 1.92. The van der Waals surface area contributed by atoms with Gasteiger partial charge >= 0.3 is 0 Å². The first-order valence-electron chi connectivity index (χ1n) is 25.3. The molecule has 14 rings (SSSR count). The highest BCUT2D eigenvalue weighted by atomic mass is 19.1. The van der Waals surface area contributed by atoms with Crippen LogP contribution in [-0.2, 0) is 0 Å². The lowest BCUT2D eigenvalue weighted by Crippen LogP contribution is -2.06. The largest absolute Gasteiger partial charge is 0.309 e. The molecule has 0 aliphatic carbocycles. The summed E-state index contributed by atoms with van der Waals surface area (Å²) in [6, 6.07) is 76.7. The van der Waals surface area contributed by atoms with Crippen LogP contribution in [0.15, 0.2) is 237 Å². The van der Waals surface area contributed by atoms with E-state index in [1.165, 1.54) is 12.1 Å². The van der Waals surface area contributed by atoms with Crippen molar-refractivity contribution in [2.45, 2.75) is 6.92 Å². The molecule has 0 aliphatic rings. The quantitative estimate of drug-likeness (QED) is 0.143. The second-order valence-corrected chi connectivity index (χ2v) is 19.0. The summed E-state index contributed by atoms with van der Waals surface area (Å²) in [5, 5.41) is 4.07. The van der Waals surface area contributed by atoms with Crippen LogP contribution in [0.25, 0.3) is 134 Å². The fourth-order valence-corrected chi connectivity index (χ4v) is 10.8. The Kier molecular flexibility index (Phi) is 10.9. The summed E-state index contributed by atoms with van der Waals surface area (Å²) in [6.45, 7) is 2.09. The molecule has 0 amide bonds. The van der Waals surface area contributed by atoms with Crippen molar-refractivity contribution in [3.05, 3.63) is 254 Å². The van der Waals surface area contributed by atoms with Gasteiger partial charge in [-0.3, -0.25) is 0 Å². The first-order chi connectivity index (χ1) is 37.9. The second kappa shape index (κ2) is 18.6. The van der Waals surface area contributed by atoms with Crippen LogP contribution in [0, 0.1) is 18.6 Å². The lowest BCUT2D eigenvalue weighted by Gasteiger charge is -2.21. The molecule has 77 heavy (non-hydrogen) atoms. The van der Waals surface area contributed by atoms with E-state index in [-0.39, 0.29) is 0 Å². The summed E-state index contributed by atoms with van der Waals surface area (Å²) in [6.07, 6.45) is 0. The van der Waals surface area contributed by atoms with E-state index in [0.29, 0.717) is 46.1 Å². The number of rotatable bonds is 9. The Balaban J connectivity index is 1.02. The van der Waals surface area contributed by atoms with Gasteiger partial charge in [0.1, 0.15) is 11.6 Å². The predicted molar refractivity (Wildman–Crippen MR) is 305 cm³/mol. The third-order valence-electron chi connectivity index (χ3n) is 14.3. The highest BCUT2D eigenvalue weighted by molar-refractivity contribution is 6.12. The van der Waals surface area contributed by atoms with Crippen LogP contribution < -0.4 is 0 Å². The van der Waals surface area contributed by atoms with Gasteiger partial charge in [0.05, 0.1) is 33.4 Å². The lowest BCUT2D eigenvalue weighted by atomic mass is 9.98. The number of para-hydroxylation sites is 2. The molecule has 10 heteroatoms. The van der Waals surface area contributed by atoms with Crippen molar-refractivity contribution in [2.24, 2.45) is 0 Å². The Bertz CT molecular complexity index is 4460. The van der Waals surface area contributed by atoms with E-state index >= 15 is 8.78 Å². The number of halogens is 2. The zero-order chi connectivity index (χ0) is 51.6. The van der Waals surface area contributed by atoms with Crippen LogP contribution in [-0.4, -0.2) is 39.0 Å². The minimum Gasteiger partial charge on any atom is -0.309 e. The van der Waals surface area contributed by atoms with Crippen molar-refractivity contribution in [3.8, 4) is 90.8 Å². The van der Waals surface area contributed by atoms with Gasteiger partial charge in [0.2, 0.25) is 0 Å². The third-order valence-corrected chi connectivity index (χ3v) is 14.3. The van der Waals surface area contributed by atoms with Crippen molar-refractivity contribution in [3.63, 3.8) is 0 Å². The lowest BCUT2D eigenvalue weighted by molar-refractivity contribution is 0.584. The monoisotopic (exact) mass is 996 g/mol. The summed E-state index contributed by atoms with van der Waals surface area (Å²) < 4.78 is 35.6. The van der Waals surface area contributed by atoms with E-state index in [2.05, 4.69) is 88.9 Å². The highest BCUT2D eigenvalue weighted by Gasteiger charge is 2.25. The van der Waals surface area contributed by atoms with Crippen molar-refractivity contribution >= 4 is 43.6 Å². The number of nitrogens with zero attached hydrogens (tertiary/aromatic N) is 8. The summed E-state index contributed by atoms with van der Waals surface area (Å²) >= 11 is 0. The van der Waals surface area contributed by atoms with Crippen LogP contribution in [0.1, 0.15) is 5.56 Å². The zero-order valence-electron chi connectivity index (χ0n) is 41.4. The molecule has 0 atom stereocenters. The minimum atomic E-state index is -0.672. The molecule has 4 heterocycles. The molecular weight excluding hydrogens is 955 g/mol. The summed E-state index contributed by atoms with van der Waals surface area (Å²) in [4.78, 5) is 30.4. The maximum atomic E-state index is 15.5. The number of aromatic nitrogens is 8. The fourth-order valence-electron chi connectivity index (χ4n) is 10.8. The second-order valence-electron chi connectivity index (χ2n) is 19.0. The van der Waals surface area contributed by atoms with Crippen molar-refractivity contribution < 1.29 is 8.78 Å². The fraction of sp³-hybridized carbons (Fsp3) is 0.0149. The van der Waals surface area contributed by atoms with Gasteiger partial charge in [-0.05, 0) is 60.5 Å². The highest BCUT2D eigenvalue weighted by Crippen LogP contribution is 2.43. The maximum Gasteiger partial charge on any atom is 0.164 e. The Morgan fingerprint density at radius 2 is 0.636 bits per heavy atom. The average Bonchev–Trinajstić information content (AvgIpc) is 4.18. The van der Waals surface area contributed by atoms with Gasteiger partial charge in [-0.1, -0.05) is 188 Å². The third kappa shape index (κ3) is 7.98. The molecule has 8 nitrogen and oxygen atoms in total. The van der Waals surface area contributed by atoms with E-state index in [0.717, 1.165) is 100.0 Å². The number of hydrogen-bond donors (Lipinski definition) is 0. The number of fused-ring (bicyclic) bond motifs is 6. The molecule has 14 aromatic rings. The molecule has 0 unspecified atom stereocenters. The van der Waals surface area contributed by atoms with Crippen LogP contribution in [0.4, 0.5) is 8.78 Å². The van der Waals surface area contributed by atoms with Crippen LogP contribution >= 0.6 is 0 Å². The van der Waals surface area contributed by atoms with E-state index < -0.39 is 11.6 Å². The van der Waals surface area contributed by atoms with Crippen LogP contribution in [0.3, 0.4) is 0 Å². The molecule has 364 valence electrons. The van der Waals surface area contributed by atoms with Gasteiger partial charge in [-0.2, -0.15) is 0 Å². The van der Waals surface area contributed by atoms with Gasteiger partial charge in [0.15, 0.2) is 34.9 Å². The van der Waals surface area contributed by atoms with Crippen molar-refractivity contribution in [2.75, 3.05) is 0 Å². The van der Waals surface area contributed by atoms with Gasteiger partial charge in [0.25, 0.3) is 0 Å². The predicted octanol–water partition coefficient (Wildman–Crippen LogP) is 16.5. The first kappa shape index (κ1) is 45.3. The van der Waals surface area contributed by atoms with E-state index in [1.807, 2.05) is 146 Å².